The van der Waals surface area contributed by atoms with Crippen LogP contribution in [0.1, 0.15) is 118 Å². The van der Waals surface area contributed by atoms with Gasteiger partial charge in [0.2, 0.25) is 11.8 Å². The number of hydrogen-bond acceptors (Lipinski definition) is 2. The van der Waals surface area contributed by atoms with Gasteiger partial charge in [-0.1, -0.05) is 45.8 Å². The summed E-state index contributed by atoms with van der Waals surface area (Å²) < 4.78 is 0. The lowest BCUT2D eigenvalue weighted by Gasteiger charge is -2.62. The second-order valence-corrected chi connectivity index (χ2v) is 16.9. The lowest BCUT2D eigenvalue weighted by molar-refractivity contribution is -0.126. The van der Waals surface area contributed by atoms with Gasteiger partial charge in [-0.15, -0.1) is 0 Å². The molecular formula is C36H52N2O2. The number of nitrogens with one attached hydrogen (secondary N) is 2. The molecule has 0 radical (unpaired) electrons. The average molecular weight is 545 g/mol. The van der Waals surface area contributed by atoms with Crippen molar-refractivity contribution in [3.63, 3.8) is 0 Å². The molecule has 0 spiro atoms. The maximum absolute atomic E-state index is 13.3. The lowest BCUT2D eigenvalue weighted by atomic mass is 9.44. The fraction of sp³-hybridized carbons (Fsp3) is 0.833. The summed E-state index contributed by atoms with van der Waals surface area (Å²) in [7, 11) is 0. The number of allylic oxidation sites excluding steroid dienone is 2. The minimum absolute atomic E-state index is 0.111. The van der Waals surface area contributed by atoms with Gasteiger partial charge in [0, 0.05) is 35.1 Å². The van der Waals surface area contributed by atoms with Crippen LogP contribution >= 0.6 is 0 Å². The Bertz CT molecular complexity index is 1200. The molecule has 8 rings (SSSR count). The Morgan fingerprint density at radius 2 is 1.60 bits per heavy atom. The number of carbonyl (C=O) groups excluding carboxylic acids is 2. The third-order valence-corrected chi connectivity index (χ3v) is 15.7. The molecule has 40 heavy (non-hydrogen) atoms. The smallest absolute Gasteiger partial charge is 0.244 e. The summed E-state index contributed by atoms with van der Waals surface area (Å²) in [5.74, 6) is 5.50. The molecule has 0 aromatic heterocycles. The van der Waals surface area contributed by atoms with Crippen LogP contribution in [0.25, 0.3) is 0 Å². The van der Waals surface area contributed by atoms with Crippen molar-refractivity contribution >= 4 is 11.8 Å². The molecule has 0 aromatic rings. The molecule has 2 aliphatic heterocycles. The van der Waals surface area contributed by atoms with E-state index < -0.39 is 0 Å². The molecule has 2 heterocycles. The van der Waals surface area contributed by atoms with E-state index in [9.17, 15) is 9.59 Å². The number of amides is 2. The van der Waals surface area contributed by atoms with Crippen LogP contribution in [0.3, 0.4) is 0 Å². The monoisotopic (exact) mass is 544 g/mol. The van der Waals surface area contributed by atoms with E-state index in [0.717, 1.165) is 36.5 Å². The van der Waals surface area contributed by atoms with E-state index >= 15 is 0 Å². The first-order valence-electron chi connectivity index (χ1n) is 17.1. The van der Waals surface area contributed by atoms with Crippen LogP contribution in [-0.4, -0.2) is 17.9 Å². The second kappa shape index (κ2) is 8.50. The summed E-state index contributed by atoms with van der Waals surface area (Å²) in [5, 5.41) is 6.80. The summed E-state index contributed by atoms with van der Waals surface area (Å²) in [6, 6.07) is 0.316. The largest absolute Gasteiger partial charge is 0.349 e. The van der Waals surface area contributed by atoms with Crippen molar-refractivity contribution in [2.75, 3.05) is 0 Å². The highest BCUT2D eigenvalue weighted by Crippen LogP contribution is 2.71. The molecule has 12 atom stereocenters. The fourth-order valence-corrected chi connectivity index (χ4v) is 13.7. The van der Waals surface area contributed by atoms with Gasteiger partial charge in [0.25, 0.3) is 0 Å². The van der Waals surface area contributed by atoms with Crippen LogP contribution in [0, 0.1) is 63.1 Å². The molecular weight excluding hydrogens is 492 g/mol. The first-order chi connectivity index (χ1) is 19.1. The maximum Gasteiger partial charge on any atom is 0.244 e. The zero-order valence-corrected chi connectivity index (χ0v) is 25.5. The highest BCUT2D eigenvalue weighted by molar-refractivity contribution is 5.90. The van der Waals surface area contributed by atoms with Crippen LogP contribution in [0.2, 0.25) is 0 Å². The van der Waals surface area contributed by atoms with Crippen LogP contribution in [0.15, 0.2) is 23.4 Å². The van der Waals surface area contributed by atoms with Crippen molar-refractivity contribution in [1.29, 1.82) is 0 Å². The number of hydrogen-bond donors (Lipinski definition) is 2. The molecule has 2 amide bonds. The molecule has 2 N–H and O–H groups in total. The van der Waals surface area contributed by atoms with Crippen molar-refractivity contribution in [2.45, 2.75) is 124 Å². The van der Waals surface area contributed by atoms with E-state index in [4.69, 9.17) is 0 Å². The van der Waals surface area contributed by atoms with Gasteiger partial charge in [-0.3, -0.25) is 9.59 Å². The molecule has 218 valence electrons. The van der Waals surface area contributed by atoms with Gasteiger partial charge in [-0.05, 0) is 129 Å². The third kappa shape index (κ3) is 3.26. The van der Waals surface area contributed by atoms with E-state index in [1.165, 1.54) is 76.3 Å². The molecule has 4 heteroatoms. The Kier molecular flexibility index (Phi) is 5.54. The van der Waals surface area contributed by atoms with Gasteiger partial charge in [0.1, 0.15) is 0 Å². The summed E-state index contributed by atoms with van der Waals surface area (Å²) in [6.45, 7) is 10.3. The lowest BCUT2D eigenvalue weighted by Crippen LogP contribution is -2.62. The SMILES string of the molecule is C[C@@]12CCC[C@H]1[C@@H]1CCC3NC(=O)C=C(C4CC[C@H]5[C@@H]6CC=C7NC(=O)CC[C@]7(C)[C@@H]6CC[C@]45C)[C@]3(C)[C@@H]1CC2. The molecule has 0 bridgehead atoms. The van der Waals surface area contributed by atoms with E-state index in [1.54, 1.807) is 5.57 Å². The van der Waals surface area contributed by atoms with Gasteiger partial charge < -0.3 is 10.6 Å². The molecule has 6 fully saturated rings. The molecule has 8 aliphatic rings. The van der Waals surface area contributed by atoms with Crippen molar-refractivity contribution in [2.24, 2.45) is 63.1 Å². The summed E-state index contributed by atoms with van der Waals surface area (Å²) in [5.41, 5.74) is 3.89. The van der Waals surface area contributed by atoms with Crippen LogP contribution in [-0.2, 0) is 9.59 Å². The zero-order chi connectivity index (χ0) is 27.7. The van der Waals surface area contributed by atoms with Crippen molar-refractivity contribution in [1.82, 2.24) is 10.6 Å². The Morgan fingerprint density at radius 1 is 0.775 bits per heavy atom. The summed E-state index contributed by atoms with van der Waals surface area (Å²) in [6.07, 6.45) is 22.0. The van der Waals surface area contributed by atoms with Crippen LogP contribution in [0.5, 0.6) is 0 Å². The van der Waals surface area contributed by atoms with E-state index in [2.05, 4.69) is 50.5 Å². The maximum atomic E-state index is 13.3. The number of carbonyl (C=O) groups is 2. The predicted molar refractivity (Wildman–Crippen MR) is 158 cm³/mol. The molecule has 2 unspecified atom stereocenters. The summed E-state index contributed by atoms with van der Waals surface area (Å²) >= 11 is 0. The highest BCUT2D eigenvalue weighted by atomic mass is 16.2. The Balaban J connectivity index is 1.14. The Labute approximate surface area is 242 Å². The van der Waals surface area contributed by atoms with E-state index in [-0.39, 0.29) is 28.1 Å². The quantitative estimate of drug-likeness (QED) is 0.364. The summed E-state index contributed by atoms with van der Waals surface area (Å²) in [4.78, 5) is 25.5. The van der Waals surface area contributed by atoms with Gasteiger partial charge in [0.15, 0.2) is 0 Å². The second-order valence-electron chi connectivity index (χ2n) is 16.9. The van der Waals surface area contributed by atoms with E-state index in [1.807, 2.05) is 0 Å². The van der Waals surface area contributed by atoms with Gasteiger partial charge in [-0.25, -0.2) is 0 Å². The topological polar surface area (TPSA) is 58.2 Å². The predicted octanol–water partition coefficient (Wildman–Crippen LogP) is 7.31. The van der Waals surface area contributed by atoms with Crippen LogP contribution < -0.4 is 10.6 Å². The van der Waals surface area contributed by atoms with Crippen molar-refractivity contribution in [3.05, 3.63) is 23.4 Å². The minimum atomic E-state index is 0.111. The third-order valence-electron chi connectivity index (χ3n) is 15.7. The first kappa shape index (κ1) is 26.1. The van der Waals surface area contributed by atoms with Crippen LogP contribution in [0.4, 0.5) is 0 Å². The molecule has 1 saturated heterocycles. The van der Waals surface area contributed by atoms with Crippen molar-refractivity contribution < 1.29 is 9.59 Å². The number of fused-ring (bicyclic) bond motifs is 10. The zero-order valence-electron chi connectivity index (χ0n) is 25.5. The first-order valence-corrected chi connectivity index (χ1v) is 17.1. The van der Waals surface area contributed by atoms with E-state index in [0.29, 0.717) is 35.6 Å². The van der Waals surface area contributed by atoms with Gasteiger partial charge >= 0.3 is 0 Å². The molecule has 0 aromatic carbocycles. The Morgan fingerprint density at radius 3 is 2.45 bits per heavy atom. The molecule has 5 saturated carbocycles. The fourth-order valence-electron chi connectivity index (χ4n) is 13.7. The van der Waals surface area contributed by atoms with Gasteiger partial charge in [-0.2, -0.15) is 0 Å². The number of rotatable bonds is 1. The highest BCUT2D eigenvalue weighted by Gasteiger charge is 2.64. The van der Waals surface area contributed by atoms with Crippen molar-refractivity contribution in [3.8, 4) is 0 Å². The molecule has 6 aliphatic carbocycles. The number of piperidine rings is 1. The van der Waals surface area contributed by atoms with Gasteiger partial charge in [0.05, 0.1) is 0 Å². The standard InChI is InChI=1S/C36H52N2O2/c1-33-16-5-6-23(33)21-8-12-30-36(4,26(21)13-17-33)28(20-32(40)38-30)27-10-9-24-22-7-11-29-35(3,19-15-31(39)37-29)25(22)14-18-34(24,27)2/h11,20-27,30H,5-10,12-19H2,1-4H3,(H,37,39)(H,38,40)/t21-,22-,23-,24-,25+,26+,27?,30?,33-,34-,35+,36-/m0/s1. The normalized spacial score (nSPS) is 54.8. The molecule has 4 nitrogen and oxygen atoms in total. The average Bonchev–Trinajstić information content (AvgIpc) is 3.49. The minimum Gasteiger partial charge on any atom is -0.349 e. The Hall–Kier alpha value is -1.58.